The molecule has 0 bridgehead atoms. The summed E-state index contributed by atoms with van der Waals surface area (Å²) < 4.78 is 4.97. The van der Waals surface area contributed by atoms with Gasteiger partial charge in [0.05, 0.1) is 7.11 Å². The summed E-state index contributed by atoms with van der Waals surface area (Å²) in [5.74, 6) is -0.796. The second-order valence-corrected chi connectivity index (χ2v) is 4.50. The Morgan fingerprint density at radius 1 is 1.40 bits per heavy atom. The van der Waals surface area contributed by atoms with Crippen LogP contribution in [0.3, 0.4) is 0 Å². The van der Waals surface area contributed by atoms with Crippen LogP contribution < -0.4 is 10.1 Å². The number of hydrogen-bond donors (Lipinski definition) is 2. The Morgan fingerprint density at radius 2 is 2.10 bits per heavy atom. The quantitative estimate of drug-likeness (QED) is 0.475. The highest BCUT2D eigenvalue weighted by Gasteiger charge is 2.30. The van der Waals surface area contributed by atoms with Crippen LogP contribution >= 0.6 is 12.2 Å². The number of carbonyl (C=O) groups excluding carboxylic acids is 2. The second-order valence-electron chi connectivity index (χ2n) is 4.11. The van der Waals surface area contributed by atoms with Gasteiger partial charge in [0, 0.05) is 7.05 Å². The third-order valence-electron chi connectivity index (χ3n) is 2.82. The number of carbonyl (C=O) groups is 2. The van der Waals surface area contributed by atoms with E-state index in [0.717, 1.165) is 0 Å². The van der Waals surface area contributed by atoms with Crippen LogP contribution in [-0.4, -0.2) is 41.1 Å². The molecule has 0 unspecified atom stereocenters. The zero-order chi connectivity index (χ0) is 14.9. The summed E-state index contributed by atoms with van der Waals surface area (Å²) in [4.78, 5) is 25.0. The Balaban J connectivity index is 2.41. The number of likely N-dealkylation sites (N-methyl/N-ethyl adjacent to an activating group) is 1. The largest absolute Gasteiger partial charge is 0.504 e. The van der Waals surface area contributed by atoms with E-state index in [1.807, 2.05) is 0 Å². The molecule has 2 rings (SSSR count). The summed E-state index contributed by atoms with van der Waals surface area (Å²) in [6.07, 6.45) is 1.41. The third-order valence-corrected chi connectivity index (χ3v) is 3.20. The summed E-state index contributed by atoms with van der Waals surface area (Å²) in [6, 6.07) is 4.51. The van der Waals surface area contributed by atoms with Gasteiger partial charge in [-0.15, -0.1) is 0 Å². The molecule has 2 N–H and O–H groups in total. The van der Waals surface area contributed by atoms with Gasteiger partial charge in [-0.2, -0.15) is 0 Å². The van der Waals surface area contributed by atoms with Crippen molar-refractivity contribution in [1.29, 1.82) is 0 Å². The van der Waals surface area contributed by atoms with Crippen molar-refractivity contribution in [2.24, 2.45) is 0 Å². The van der Waals surface area contributed by atoms with Crippen LogP contribution in [0.5, 0.6) is 11.5 Å². The first-order chi connectivity index (χ1) is 9.43. The van der Waals surface area contributed by atoms with Gasteiger partial charge in [-0.3, -0.25) is 19.8 Å². The average molecular weight is 292 g/mol. The van der Waals surface area contributed by atoms with Gasteiger partial charge in [-0.1, -0.05) is 6.07 Å². The first kappa shape index (κ1) is 14.0. The lowest BCUT2D eigenvalue weighted by atomic mass is 10.1. The topological polar surface area (TPSA) is 78.9 Å². The summed E-state index contributed by atoms with van der Waals surface area (Å²) in [5, 5.41) is 12.0. The minimum atomic E-state index is -0.551. The molecule has 6 nitrogen and oxygen atoms in total. The van der Waals surface area contributed by atoms with Crippen LogP contribution in [0.4, 0.5) is 0 Å². The van der Waals surface area contributed by atoms with E-state index in [-0.39, 0.29) is 22.2 Å². The predicted molar refractivity (Wildman–Crippen MR) is 76.1 cm³/mol. The fourth-order valence-electron chi connectivity index (χ4n) is 1.70. The van der Waals surface area contributed by atoms with Crippen LogP contribution in [0, 0.1) is 0 Å². The number of nitrogens with zero attached hydrogens (tertiary/aromatic N) is 1. The number of nitrogens with one attached hydrogen (secondary N) is 1. The van der Waals surface area contributed by atoms with Crippen LogP contribution in [0.15, 0.2) is 23.8 Å². The van der Waals surface area contributed by atoms with Crippen molar-refractivity contribution in [3.63, 3.8) is 0 Å². The molecule has 20 heavy (non-hydrogen) atoms. The molecule has 1 aliphatic rings. The Hall–Kier alpha value is -2.41. The molecule has 7 heteroatoms. The van der Waals surface area contributed by atoms with Crippen molar-refractivity contribution in [2.75, 3.05) is 14.2 Å². The van der Waals surface area contributed by atoms with E-state index >= 15 is 0 Å². The van der Waals surface area contributed by atoms with E-state index in [2.05, 4.69) is 5.32 Å². The summed E-state index contributed by atoms with van der Waals surface area (Å²) in [7, 11) is 2.89. The Bertz CT molecular complexity index is 639. The number of benzene rings is 1. The van der Waals surface area contributed by atoms with Crippen molar-refractivity contribution in [3.8, 4) is 11.5 Å². The molecule has 1 aromatic carbocycles. The van der Waals surface area contributed by atoms with Crippen molar-refractivity contribution in [2.45, 2.75) is 0 Å². The third kappa shape index (κ3) is 2.48. The lowest BCUT2D eigenvalue weighted by Crippen LogP contribution is -2.52. The predicted octanol–water partition coefficient (Wildman–Crippen LogP) is 0.657. The van der Waals surface area contributed by atoms with Crippen LogP contribution in [-0.2, 0) is 9.59 Å². The maximum absolute atomic E-state index is 12.0. The fraction of sp³-hybridized carbons (Fsp3) is 0.154. The molecule has 0 saturated carbocycles. The van der Waals surface area contributed by atoms with Crippen molar-refractivity contribution in [3.05, 3.63) is 29.3 Å². The number of rotatable bonds is 2. The number of phenols is 1. The van der Waals surface area contributed by atoms with E-state index in [1.54, 1.807) is 6.07 Å². The van der Waals surface area contributed by atoms with Gasteiger partial charge in [-0.25, -0.2) is 0 Å². The Kier molecular flexibility index (Phi) is 3.71. The lowest BCUT2D eigenvalue weighted by molar-refractivity contribution is -0.128. The number of phenolic OH excluding ortho intramolecular Hbond substituents is 1. The summed E-state index contributed by atoms with van der Waals surface area (Å²) in [5.41, 5.74) is 0.521. The fourth-order valence-corrected chi connectivity index (χ4v) is 1.87. The summed E-state index contributed by atoms with van der Waals surface area (Å²) in [6.45, 7) is 0. The molecule has 1 saturated heterocycles. The SMILES string of the molecule is COc1cc(/C=C2/C(=O)NC(=S)N(C)C2=O)ccc1O. The molecule has 1 aromatic rings. The Morgan fingerprint density at radius 3 is 2.75 bits per heavy atom. The molecule has 0 atom stereocenters. The molecular weight excluding hydrogens is 280 g/mol. The number of amides is 2. The highest BCUT2D eigenvalue weighted by atomic mass is 32.1. The molecular formula is C13H12N2O4S. The van der Waals surface area contributed by atoms with Crippen LogP contribution in [0.2, 0.25) is 0 Å². The van der Waals surface area contributed by atoms with Crippen LogP contribution in [0.1, 0.15) is 5.56 Å². The maximum atomic E-state index is 12.0. The number of aromatic hydroxyl groups is 1. The maximum Gasteiger partial charge on any atom is 0.265 e. The van der Waals surface area contributed by atoms with E-state index in [0.29, 0.717) is 5.56 Å². The molecule has 2 amide bonds. The molecule has 0 aliphatic carbocycles. The van der Waals surface area contributed by atoms with Crippen LogP contribution in [0.25, 0.3) is 6.08 Å². The minimum Gasteiger partial charge on any atom is -0.504 e. The first-order valence-electron chi connectivity index (χ1n) is 5.66. The first-order valence-corrected chi connectivity index (χ1v) is 6.07. The minimum absolute atomic E-state index is 0.0210. The molecule has 104 valence electrons. The highest BCUT2D eigenvalue weighted by molar-refractivity contribution is 7.80. The van der Waals surface area contributed by atoms with Gasteiger partial charge < -0.3 is 9.84 Å². The van der Waals surface area contributed by atoms with E-state index in [4.69, 9.17) is 17.0 Å². The number of thiocarbonyl (C=S) groups is 1. The monoisotopic (exact) mass is 292 g/mol. The normalized spacial score (nSPS) is 17.4. The van der Waals surface area contributed by atoms with Gasteiger partial charge in [0.2, 0.25) is 0 Å². The summed E-state index contributed by atoms with van der Waals surface area (Å²) >= 11 is 4.85. The molecule has 0 radical (unpaired) electrons. The lowest BCUT2D eigenvalue weighted by Gasteiger charge is -2.25. The van der Waals surface area contributed by atoms with E-state index < -0.39 is 11.8 Å². The van der Waals surface area contributed by atoms with Gasteiger partial charge in [-0.05, 0) is 36.0 Å². The number of ether oxygens (including phenoxy) is 1. The second kappa shape index (κ2) is 5.30. The van der Waals surface area contributed by atoms with E-state index in [1.165, 1.54) is 37.3 Å². The molecule has 1 fully saturated rings. The molecule has 0 spiro atoms. The van der Waals surface area contributed by atoms with Gasteiger partial charge in [0.25, 0.3) is 11.8 Å². The van der Waals surface area contributed by atoms with Crippen molar-refractivity contribution < 1.29 is 19.4 Å². The molecule has 1 aliphatic heterocycles. The zero-order valence-corrected chi connectivity index (χ0v) is 11.7. The van der Waals surface area contributed by atoms with Gasteiger partial charge >= 0.3 is 0 Å². The number of hydrogen-bond acceptors (Lipinski definition) is 5. The van der Waals surface area contributed by atoms with Gasteiger partial charge in [0.15, 0.2) is 16.6 Å². The molecule has 0 aromatic heterocycles. The van der Waals surface area contributed by atoms with E-state index in [9.17, 15) is 14.7 Å². The van der Waals surface area contributed by atoms with Crippen molar-refractivity contribution in [1.82, 2.24) is 10.2 Å². The highest BCUT2D eigenvalue weighted by Crippen LogP contribution is 2.27. The average Bonchev–Trinajstić information content (AvgIpc) is 2.43. The standard InChI is InChI=1S/C13H12N2O4S/c1-15-12(18)8(11(17)14-13(15)20)5-7-3-4-9(16)10(6-7)19-2/h3-6,16H,1-2H3,(H,14,17,20)/b8-5-. The van der Waals surface area contributed by atoms with Gasteiger partial charge in [0.1, 0.15) is 5.57 Å². The van der Waals surface area contributed by atoms with Crippen molar-refractivity contribution >= 4 is 35.2 Å². The zero-order valence-electron chi connectivity index (χ0n) is 10.8. The molecule has 1 heterocycles. The Labute approximate surface area is 120 Å². The smallest absolute Gasteiger partial charge is 0.265 e. The number of methoxy groups -OCH3 is 1.